The number of hydrogen-bond acceptors (Lipinski definition) is 2. The molecule has 0 spiro atoms. The predicted molar refractivity (Wildman–Crippen MR) is 150 cm³/mol. The molecule has 0 aliphatic carbocycles. The SMILES string of the molecule is C[Si]1(C)c2c(-c3ccccc3)nc(-c3ccccc3)nc2-c2c1c1ccccc1c1ccccc21. The molecular formula is C32H24N2Si. The van der Waals surface area contributed by atoms with E-state index in [-0.39, 0.29) is 0 Å². The van der Waals surface area contributed by atoms with Gasteiger partial charge in [-0.1, -0.05) is 122 Å². The van der Waals surface area contributed by atoms with Crippen LogP contribution in [0.25, 0.3) is 55.4 Å². The molecule has 0 fully saturated rings. The predicted octanol–water partition coefficient (Wildman–Crippen LogP) is 6.92. The zero-order valence-electron chi connectivity index (χ0n) is 19.8. The molecule has 166 valence electrons. The molecule has 35 heavy (non-hydrogen) atoms. The molecule has 2 nitrogen and oxygen atoms in total. The third kappa shape index (κ3) is 2.88. The summed E-state index contributed by atoms with van der Waals surface area (Å²) in [5.74, 6) is 0.790. The number of nitrogens with zero attached hydrogens (tertiary/aromatic N) is 2. The van der Waals surface area contributed by atoms with E-state index in [2.05, 4.69) is 116 Å². The van der Waals surface area contributed by atoms with Crippen molar-refractivity contribution in [3.8, 4) is 33.9 Å². The van der Waals surface area contributed by atoms with Crippen LogP contribution in [-0.2, 0) is 0 Å². The van der Waals surface area contributed by atoms with E-state index in [0.29, 0.717) is 0 Å². The number of hydrogen-bond donors (Lipinski definition) is 0. The summed E-state index contributed by atoms with van der Waals surface area (Å²) in [6.07, 6.45) is 0. The van der Waals surface area contributed by atoms with Gasteiger partial charge in [0.1, 0.15) is 8.07 Å². The van der Waals surface area contributed by atoms with Crippen molar-refractivity contribution in [3.05, 3.63) is 109 Å². The lowest BCUT2D eigenvalue weighted by molar-refractivity contribution is 1.20. The summed E-state index contributed by atoms with van der Waals surface area (Å²) in [7, 11) is -2.14. The van der Waals surface area contributed by atoms with Gasteiger partial charge in [0.25, 0.3) is 0 Å². The topological polar surface area (TPSA) is 25.8 Å². The Morgan fingerprint density at radius 2 is 0.943 bits per heavy atom. The van der Waals surface area contributed by atoms with E-state index in [1.807, 2.05) is 6.07 Å². The van der Waals surface area contributed by atoms with E-state index >= 15 is 0 Å². The molecule has 0 amide bonds. The van der Waals surface area contributed by atoms with Gasteiger partial charge in [-0.25, -0.2) is 9.97 Å². The van der Waals surface area contributed by atoms with Crippen LogP contribution in [0.1, 0.15) is 0 Å². The highest BCUT2D eigenvalue weighted by atomic mass is 28.3. The Balaban J connectivity index is 1.69. The molecule has 1 aromatic heterocycles. The first kappa shape index (κ1) is 20.3. The Hall–Kier alpha value is -4.08. The Morgan fingerprint density at radius 3 is 1.60 bits per heavy atom. The summed E-state index contributed by atoms with van der Waals surface area (Å²) in [6.45, 7) is 4.94. The van der Waals surface area contributed by atoms with Crippen molar-refractivity contribution in [1.82, 2.24) is 9.97 Å². The van der Waals surface area contributed by atoms with Crippen LogP contribution in [0.5, 0.6) is 0 Å². The second-order valence-corrected chi connectivity index (χ2v) is 14.1. The van der Waals surface area contributed by atoms with Crippen molar-refractivity contribution in [2.75, 3.05) is 0 Å². The van der Waals surface area contributed by atoms with Crippen molar-refractivity contribution in [2.24, 2.45) is 0 Å². The number of rotatable bonds is 2. The molecular weight excluding hydrogens is 440 g/mol. The molecule has 0 atom stereocenters. The van der Waals surface area contributed by atoms with Crippen molar-refractivity contribution >= 4 is 40.0 Å². The van der Waals surface area contributed by atoms with E-state index in [1.165, 1.54) is 37.5 Å². The maximum atomic E-state index is 5.33. The number of benzene rings is 5. The zero-order chi connectivity index (χ0) is 23.6. The first-order valence-electron chi connectivity index (χ1n) is 12.1. The molecule has 7 rings (SSSR count). The van der Waals surface area contributed by atoms with Crippen LogP contribution in [0, 0.1) is 0 Å². The molecule has 1 aliphatic rings. The second-order valence-electron chi connectivity index (χ2n) is 9.82. The van der Waals surface area contributed by atoms with Crippen LogP contribution in [-0.4, -0.2) is 18.0 Å². The quantitative estimate of drug-likeness (QED) is 0.205. The van der Waals surface area contributed by atoms with Crippen LogP contribution >= 0.6 is 0 Å². The van der Waals surface area contributed by atoms with Gasteiger partial charge in [0, 0.05) is 16.7 Å². The Bertz CT molecular complexity index is 1760. The maximum Gasteiger partial charge on any atom is 0.160 e. The minimum absolute atomic E-state index is 0.790. The largest absolute Gasteiger partial charge is 0.228 e. The van der Waals surface area contributed by atoms with E-state index in [0.717, 1.165) is 28.3 Å². The second kappa shape index (κ2) is 7.46. The minimum atomic E-state index is -2.14. The number of fused-ring (bicyclic) bond motifs is 8. The molecule has 2 heterocycles. The summed E-state index contributed by atoms with van der Waals surface area (Å²) in [5, 5.41) is 8.10. The summed E-state index contributed by atoms with van der Waals surface area (Å²) >= 11 is 0. The van der Waals surface area contributed by atoms with E-state index in [1.54, 1.807) is 0 Å². The van der Waals surface area contributed by atoms with Crippen LogP contribution in [0.2, 0.25) is 13.1 Å². The van der Waals surface area contributed by atoms with Gasteiger partial charge in [0.2, 0.25) is 0 Å². The highest BCUT2D eigenvalue weighted by Gasteiger charge is 2.44. The third-order valence-corrected chi connectivity index (χ3v) is 10.9. The molecule has 0 radical (unpaired) electrons. The third-order valence-electron chi connectivity index (χ3n) is 7.41. The van der Waals surface area contributed by atoms with Crippen LogP contribution in [0.3, 0.4) is 0 Å². The number of aromatic nitrogens is 2. The monoisotopic (exact) mass is 464 g/mol. The van der Waals surface area contributed by atoms with Crippen molar-refractivity contribution in [1.29, 1.82) is 0 Å². The molecule has 1 aliphatic heterocycles. The molecule has 3 heteroatoms. The van der Waals surface area contributed by atoms with E-state index in [4.69, 9.17) is 9.97 Å². The van der Waals surface area contributed by atoms with Gasteiger partial charge in [-0.15, -0.1) is 0 Å². The van der Waals surface area contributed by atoms with Gasteiger partial charge in [0.05, 0.1) is 11.4 Å². The minimum Gasteiger partial charge on any atom is -0.228 e. The van der Waals surface area contributed by atoms with Gasteiger partial charge < -0.3 is 0 Å². The lowest BCUT2D eigenvalue weighted by atomic mass is 9.95. The molecule has 6 aromatic rings. The van der Waals surface area contributed by atoms with Crippen molar-refractivity contribution in [3.63, 3.8) is 0 Å². The molecule has 0 saturated carbocycles. The summed E-state index contributed by atoms with van der Waals surface area (Å²) in [5.41, 5.74) is 5.71. The van der Waals surface area contributed by atoms with E-state index in [9.17, 15) is 0 Å². The summed E-state index contributed by atoms with van der Waals surface area (Å²) in [4.78, 5) is 10.6. The van der Waals surface area contributed by atoms with Gasteiger partial charge in [0.15, 0.2) is 5.82 Å². The lowest BCUT2D eigenvalue weighted by Crippen LogP contribution is -2.50. The van der Waals surface area contributed by atoms with Gasteiger partial charge in [-0.05, 0) is 31.9 Å². The maximum absolute atomic E-state index is 5.33. The zero-order valence-corrected chi connectivity index (χ0v) is 20.8. The van der Waals surface area contributed by atoms with Crippen LogP contribution in [0.15, 0.2) is 109 Å². The van der Waals surface area contributed by atoms with Crippen LogP contribution in [0.4, 0.5) is 0 Å². The fourth-order valence-corrected chi connectivity index (χ4v) is 9.50. The lowest BCUT2D eigenvalue weighted by Gasteiger charge is -2.23. The smallest absolute Gasteiger partial charge is 0.160 e. The Kier molecular flexibility index (Phi) is 4.33. The first-order valence-corrected chi connectivity index (χ1v) is 15.1. The van der Waals surface area contributed by atoms with Gasteiger partial charge in [-0.2, -0.15) is 0 Å². The average Bonchev–Trinajstić information content (AvgIpc) is 3.16. The van der Waals surface area contributed by atoms with Gasteiger partial charge >= 0.3 is 0 Å². The van der Waals surface area contributed by atoms with Gasteiger partial charge in [-0.3, -0.25) is 0 Å². The molecule has 0 saturated heterocycles. The fraction of sp³-hybridized carbons (Fsp3) is 0.0625. The normalized spacial score (nSPS) is 13.7. The first-order chi connectivity index (χ1) is 17.1. The standard InChI is InChI=1S/C32H24N2Si/c1-35(2)30-26-20-12-10-18-24(26)23-17-9-11-19-25(23)27(30)29-31(35)28(21-13-5-3-6-14-21)33-32(34-29)22-15-7-4-8-16-22/h3-20H,1-2H3. The Morgan fingerprint density at radius 1 is 0.457 bits per heavy atom. The van der Waals surface area contributed by atoms with E-state index < -0.39 is 8.07 Å². The summed E-state index contributed by atoms with van der Waals surface area (Å²) in [6, 6.07) is 38.7. The Labute approximate surface area is 206 Å². The highest BCUT2D eigenvalue weighted by molar-refractivity contribution is 7.06. The summed E-state index contributed by atoms with van der Waals surface area (Å²) < 4.78 is 0. The molecule has 0 N–H and O–H groups in total. The highest BCUT2D eigenvalue weighted by Crippen LogP contribution is 2.40. The van der Waals surface area contributed by atoms with Crippen molar-refractivity contribution in [2.45, 2.75) is 13.1 Å². The average molecular weight is 465 g/mol. The molecule has 0 unspecified atom stereocenters. The van der Waals surface area contributed by atoms with Crippen molar-refractivity contribution < 1.29 is 0 Å². The molecule has 0 bridgehead atoms. The van der Waals surface area contributed by atoms with Crippen LogP contribution < -0.4 is 10.4 Å². The molecule has 5 aromatic carbocycles. The fourth-order valence-electron chi connectivity index (χ4n) is 5.92.